The number of fused-ring (bicyclic) bond motifs is 2. The number of nitrogens with two attached hydrogens (primary N) is 12. The van der Waals surface area contributed by atoms with E-state index >= 15 is 0 Å². The predicted octanol–water partition coefficient (Wildman–Crippen LogP) is -4.21. The summed E-state index contributed by atoms with van der Waals surface area (Å²) in [4.78, 5) is 193. The number of aliphatic imine (C=N–C) groups is 4. The van der Waals surface area contributed by atoms with E-state index in [-0.39, 0.29) is 171 Å². The number of aromatic nitrogens is 2. The summed E-state index contributed by atoms with van der Waals surface area (Å²) in [7, 11) is 0. The number of nitrogens with one attached hydrogen (secondary N) is 12. The van der Waals surface area contributed by atoms with E-state index in [0.29, 0.717) is 56.9 Å². The van der Waals surface area contributed by atoms with Crippen LogP contribution in [-0.2, 0) is 83.2 Å². The van der Waals surface area contributed by atoms with Crippen LogP contribution in [0.3, 0.4) is 0 Å². The van der Waals surface area contributed by atoms with Crippen LogP contribution in [0, 0.1) is 0 Å². The lowest BCUT2D eigenvalue weighted by Crippen LogP contribution is -2.59. The molecule has 0 radical (unpaired) electrons. The fourth-order valence-electron chi connectivity index (χ4n) is 13.4. The fourth-order valence-corrected chi connectivity index (χ4v) is 13.4. The molecule has 4 aromatic carbocycles. The van der Waals surface area contributed by atoms with E-state index in [0.717, 1.165) is 0 Å². The predicted molar refractivity (Wildman–Crippen MR) is 465 cm³/mol. The maximum absolute atomic E-state index is 15.0. The number of para-hydroxylation sites is 2. The fraction of sp³-hybridized carbons (Fsp3) is 0.457. The van der Waals surface area contributed by atoms with Gasteiger partial charge in [-0.1, -0.05) is 87.4 Å². The number of phenols is 2. The Balaban J connectivity index is 1.19. The first-order valence-corrected chi connectivity index (χ1v) is 40.6. The highest BCUT2D eigenvalue weighted by Crippen LogP contribution is 2.23. The van der Waals surface area contributed by atoms with E-state index in [4.69, 9.17) is 68.8 Å². The number of hydrogen-bond acceptors (Lipinski definition) is 20. The molecule has 2 aromatic heterocycles. The molecule has 0 saturated heterocycles. The van der Waals surface area contributed by atoms with E-state index < -0.39 is 143 Å². The van der Waals surface area contributed by atoms with Gasteiger partial charge < -0.3 is 142 Å². The number of H-pyrrole nitrogens is 2. The lowest BCUT2D eigenvalue weighted by molar-refractivity contribution is -0.135. The van der Waals surface area contributed by atoms with Crippen LogP contribution >= 0.6 is 0 Å². The number of carbonyl (C=O) groups excluding carboxylic acids is 12. The van der Waals surface area contributed by atoms with Gasteiger partial charge in [-0.05, 0) is 142 Å². The molecule has 42 heteroatoms. The number of phenolic OH excluding ortho intramolecular Hbond substituents is 2. The van der Waals surface area contributed by atoms with Crippen molar-refractivity contribution in [3.63, 3.8) is 0 Å². The zero-order valence-corrected chi connectivity index (χ0v) is 69.1. The minimum atomic E-state index is -1.44. The van der Waals surface area contributed by atoms with Gasteiger partial charge in [-0.15, -0.1) is 0 Å². The van der Waals surface area contributed by atoms with E-state index in [1.54, 1.807) is 74.8 Å². The average Bonchev–Trinajstić information content (AvgIpc) is 1.71. The summed E-state index contributed by atoms with van der Waals surface area (Å²) in [5, 5.41) is 48.1. The van der Waals surface area contributed by atoms with Gasteiger partial charge in [-0.3, -0.25) is 77.5 Å². The van der Waals surface area contributed by atoms with Crippen molar-refractivity contribution < 1.29 is 67.7 Å². The molecular formula is C81H120N28O14. The molecule has 0 spiro atoms. The van der Waals surface area contributed by atoms with E-state index in [9.17, 15) is 67.7 Å². The molecule has 0 fully saturated rings. The van der Waals surface area contributed by atoms with Crippen LogP contribution in [0.5, 0.6) is 11.5 Å². The Morgan fingerprint density at radius 3 is 0.829 bits per heavy atom. The Hall–Kier alpha value is -13.8. The van der Waals surface area contributed by atoms with Crippen LogP contribution in [-0.4, -0.2) is 214 Å². The molecule has 42 nitrogen and oxygen atoms in total. The first kappa shape index (κ1) is 98.0. The number of guanidine groups is 4. The highest BCUT2D eigenvalue weighted by atomic mass is 16.3. The zero-order valence-electron chi connectivity index (χ0n) is 69.1. The number of primary amides is 2. The smallest absolute Gasteiger partial charge is 0.243 e. The molecule has 6 aromatic rings. The third kappa shape index (κ3) is 33.7. The number of carbonyl (C=O) groups is 12. The summed E-state index contributed by atoms with van der Waals surface area (Å²) in [6.07, 6.45) is 3.48. The maximum atomic E-state index is 15.0. The first-order valence-electron chi connectivity index (χ1n) is 40.6. The lowest BCUT2D eigenvalue weighted by Gasteiger charge is -2.27. The van der Waals surface area contributed by atoms with Crippen LogP contribution in [0.1, 0.15) is 132 Å². The van der Waals surface area contributed by atoms with Crippen molar-refractivity contribution >= 4 is 117 Å². The SMILES string of the molecule is CCC[C@H](NC(=O)[C@H](CCCN=C(N)N)NC(=O)[C@H](Cc1c[nH]c2ccccc12)NC(=O)C(N)CCCC(N)C(=O)N[C@@H](Cc1c[nH]c2ccccc12)C(=O)N[C@@H](CCCN=C(N)N)C(=O)N[C@@H](CCC)C(=O)N[C@@H](CCCN=C(N)N)C(=O)N[C@@H](Cc1ccc(O)cc1)C(N)=O)C(=O)N[C@@H](CCCN=C(N)N)C(=O)N[C@@H](Cc1ccc(O)cc1)C(N)=O. The Bertz CT molecular complexity index is 4360. The summed E-state index contributed by atoms with van der Waals surface area (Å²) < 4.78 is 0. The summed E-state index contributed by atoms with van der Waals surface area (Å²) in [6, 6.07) is 9.76. The molecule has 2 unspecified atom stereocenters. The quantitative estimate of drug-likeness (QED) is 0.00978. The number of rotatable bonds is 54. The molecule has 2 heterocycles. The molecule has 668 valence electrons. The largest absolute Gasteiger partial charge is 0.508 e. The normalized spacial score (nSPS) is 14.0. The molecular weight excluding hydrogens is 1590 g/mol. The Kier molecular flexibility index (Phi) is 40.1. The van der Waals surface area contributed by atoms with Crippen molar-refractivity contribution in [2.75, 3.05) is 26.2 Å². The summed E-state index contributed by atoms with van der Waals surface area (Å²) in [5.41, 5.74) is 73.1. The van der Waals surface area contributed by atoms with Crippen molar-refractivity contribution in [2.24, 2.45) is 88.8 Å². The van der Waals surface area contributed by atoms with Gasteiger partial charge >= 0.3 is 0 Å². The highest BCUT2D eigenvalue weighted by Gasteiger charge is 2.37. The molecule has 0 saturated carbocycles. The van der Waals surface area contributed by atoms with Crippen LogP contribution in [0.25, 0.3) is 21.8 Å². The standard InChI is InChI=1S/C81H120N28O14/c1-3-14-56(70(116)102-60(24-12-36-96-80(90)91)74(120)106-62(66(84)112)38-44-26-30-48(110)31-27-44)100-72(118)58(22-10-34-94-78(86)87)104-76(122)64(40-46-42-98-54-20-7-5-16-50(46)54)108-68(114)52(82)18-9-19-53(83)69(115)109-65(41-47-43-99-55-21-8-6-17-51(47)55)77(123)105-59(23-11-35-95-79(88)89)73(119)101-57(15-4-2)71(117)103-61(25-13-37-97-81(92)93)75(121)107-63(67(85)113)39-45-28-32-49(111)33-29-45/h5-8,16-17,20-21,26-33,42-43,52-53,56-65,98-99,110-111H,3-4,9-15,18-19,22-25,34-41,82-83H2,1-2H3,(H2,84,112)(H2,85,113)(H,100,118)(H,101,119)(H,102,116)(H,103,117)(H,104,122)(H,105,123)(H,106,120)(H,107,121)(H,108,114)(H,109,115)(H4,86,87,94)(H4,88,89,95)(H4,90,91,96)(H4,92,93,97)/t52?,53?,56-,57-,58-,59-,60-,61-,62-,63-,64-,65-/m0/s1. The van der Waals surface area contributed by atoms with E-state index in [1.807, 2.05) is 0 Å². The molecule has 6 rings (SSSR count). The molecule has 0 aliphatic carbocycles. The number of nitrogens with zero attached hydrogens (tertiary/aromatic N) is 4. The van der Waals surface area contributed by atoms with E-state index in [2.05, 4.69) is 83.1 Å². The van der Waals surface area contributed by atoms with Crippen molar-refractivity contribution in [3.8, 4) is 11.5 Å². The second-order valence-corrected chi connectivity index (χ2v) is 29.8. The van der Waals surface area contributed by atoms with Crippen molar-refractivity contribution in [3.05, 3.63) is 132 Å². The number of hydrogen-bond donors (Lipinski definition) is 26. The summed E-state index contributed by atoms with van der Waals surface area (Å²) >= 11 is 0. The number of aromatic amines is 2. The van der Waals surface area contributed by atoms with Crippen LogP contribution in [0.15, 0.2) is 129 Å². The summed E-state index contributed by atoms with van der Waals surface area (Å²) in [5.74, 6) is -11.1. The lowest BCUT2D eigenvalue weighted by atomic mass is 10.0. The maximum Gasteiger partial charge on any atom is 0.243 e. The molecule has 12 atom stereocenters. The second-order valence-electron chi connectivity index (χ2n) is 29.8. The van der Waals surface area contributed by atoms with Gasteiger partial charge in [0.05, 0.1) is 12.1 Å². The second kappa shape index (κ2) is 50.3. The molecule has 0 aliphatic rings. The van der Waals surface area contributed by atoms with Crippen molar-refractivity contribution in [2.45, 2.75) is 208 Å². The van der Waals surface area contributed by atoms with Crippen LogP contribution < -0.4 is 122 Å². The van der Waals surface area contributed by atoms with Gasteiger partial charge in [-0.25, -0.2) is 0 Å². The minimum absolute atomic E-state index is 0.00133. The van der Waals surface area contributed by atoms with Gasteiger partial charge in [0.1, 0.15) is 71.9 Å². The molecule has 12 amide bonds. The number of benzene rings is 4. The third-order valence-corrected chi connectivity index (χ3v) is 20.0. The van der Waals surface area contributed by atoms with Gasteiger partial charge in [-0.2, -0.15) is 0 Å². The van der Waals surface area contributed by atoms with Crippen molar-refractivity contribution in [1.29, 1.82) is 0 Å². The average molecular weight is 1710 g/mol. The number of amides is 12. The Morgan fingerprint density at radius 1 is 0.309 bits per heavy atom. The van der Waals surface area contributed by atoms with Crippen LogP contribution in [0.2, 0.25) is 0 Å². The van der Waals surface area contributed by atoms with Gasteiger partial charge in [0.2, 0.25) is 70.9 Å². The van der Waals surface area contributed by atoms with Gasteiger partial charge in [0.15, 0.2) is 23.8 Å². The van der Waals surface area contributed by atoms with Crippen molar-refractivity contribution in [1.82, 2.24) is 63.1 Å². The van der Waals surface area contributed by atoms with E-state index in [1.165, 1.54) is 48.5 Å². The zero-order chi connectivity index (χ0) is 90.2. The Morgan fingerprint density at radius 2 is 0.561 bits per heavy atom. The van der Waals surface area contributed by atoms with Crippen LogP contribution in [0.4, 0.5) is 0 Å². The minimum Gasteiger partial charge on any atom is -0.508 e. The summed E-state index contributed by atoms with van der Waals surface area (Å²) in [6.45, 7) is 3.58. The Labute approximate surface area is 710 Å². The first-order chi connectivity index (χ1) is 58.6. The molecule has 123 heavy (non-hydrogen) atoms. The highest BCUT2D eigenvalue weighted by molar-refractivity contribution is 6.00. The topological polar surface area (TPSA) is 759 Å². The molecule has 38 N–H and O–H groups in total. The molecule has 0 bridgehead atoms. The molecule has 0 aliphatic heterocycles. The van der Waals surface area contributed by atoms with Gasteiger partial charge in [0.25, 0.3) is 0 Å². The van der Waals surface area contributed by atoms with Gasteiger partial charge in [0, 0.05) is 86.1 Å². The number of aromatic hydroxyl groups is 2. The third-order valence-electron chi connectivity index (χ3n) is 20.0. The monoisotopic (exact) mass is 1710 g/mol.